The fourth-order valence-electron chi connectivity index (χ4n) is 3.60. The molecule has 1 saturated heterocycles. The zero-order valence-electron chi connectivity index (χ0n) is 16.2. The lowest BCUT2D eigenvalue weighted by Crippen LogP contribution is -2.29. The number of para-hydroxylation sites is 1. The number of likely N-dealkylation sites (tertiary alicyclic amines) is 1. The second kappa shape index (κ2) is 9.37. The number of aliphatic hydroxyl groups is 1. The van der Waals surface area contributed by atoms with Gasteiger partial charge in [-0.05, 0) is 57.8 Å². The van der Waals surface area contributed by atoms with E-state index in [4.69, 9.17) is 21.3 Å². The Morgan fingerprint density at radius 3 is 2.89 bits per heavy atom. The highest BCUT2D eigenvalue weighted by Gasteiger charge is 2.35. The summed E-state index contributed by atoms with van der Waals surface area (Å²) in [5, 5.41) is 12.8. The number of aromatic nitrogens is 1. The van der Waals surface area contributed by atoms with E-state index in [9.17, 15) is 5.11 Å². The van der Waals surface area contributed by atoms with Gasteiger partial charge in [0.05, 0.1) is 17.3 Å². The van der Waals surface area contributed by atoms with Crippen LogP contribution < -0.4 is 4.74 Å². The SMILES string of the molecule is CCCN1CCC[C@](O)(c2nc(C)c(CCOc3ccccc3Cl)s2)CC1. The number of nitrogens with zero attached hydrogens (tertiary/aromatic N) is 2. The minimum atomic E-state index is -0.792. The predicted octanol–water partition coefficient (Wildman–Crippen LogP) is 4.81. The van der Waals surface area contributed by atoms with E-state index in [0.29, 0.717) is 17.4 Å². The van der Waals surface area contributed by atoms with Crippen LogP contribution in [0.4, 0.5) is 0 Å². The Hall–Kier alpha value is -1.14. The molecule has 0 saturated carbocycles. The van der Waals surface area contributed by atoms with E-state index in [1.54, 1.807) is 11.3 Å². The summed E-state index contributed by atoms with van der Waals surface area (Å²) in [5.74, 6) is 0.708. The molecule has 1 aliphatic heterocycles. The molecule has 148 valence electrons. The lowest BCUT2D eigenvalue weighted by Gasteiger charge is -2.24. The van der Waals surface area contributed by atoms with Crippen molar-refractivity contribution in [2.45, 2.75) is 51.6 Å². The molecule has 6 heteroatoms. The van der Waals surface area contributed by atoms with Crippen LogP contribution in [0.25, 0.3) is 0 Å². The monoisotopic (exact) mass is 408 g/mol. The average molecular weight is 409 g/mol. The molecule has 0 amide bonds. The van der Waals surface area contributed by atoms with Gasteiger partial charge in [0.15, 0.2) is 0 Å². The number of ether oxygens (including phenoxy) is 1. The summed E-state index contributed by atoms with van der Waals surface area (Å²) < 4.78 is 5.81. The Morgan fingerprint density at radius 1 is 1.30 bits per heavy atom. The third-order valence-electron chi connectivity index (χ3n) is 5.16. The summed E-state index contributed by atoms with van der Waals surface area (Å²) in [6, 6.07) is 7.52. The van der Waals surface area contributed by atoms with E-state index in [0.717, 1.165) is 62.4 Å². The van der Waals surface area contributed by atoms with Crippen molar-refractivity contribution < 1.29 is 9.84 Å². The highest BCUT2D eigenvalue weighted by atomic mass is 35.5. The first-order chi connectivity index (χ1) is 13.0. The molecule has 1 aliphatic rings. The molecule has 3 rings (SSSR count). The molecule has 4 nitrogen and oxygen atoms in total. The van der Waals surface area contributed by atoms with E-state index < -0.39 is 5.60 Å². The van der Waals surface area contributed by atoms with Crippen LogP contribution in [0.1, 0.15) is 48.2 Å². The molecule has 1 atom stereocenters. The molecule has 0 spiro atoms. The van der Waals surface area contributed by atoms with Gasteiger partial charge >= 0.3 is 0 Å². The lowest BCUT2D eigenvalue weighted by atomic mass is 9.96. The van der Waals surface area contributed by atoms with Crippen LogP contribution in [0.5, 0.6) is 5.75 Å². The highest BCUT2D eigenvalue weighted by molar-refractivity contribution is 7.11. The number of halogens is 1. The molecule has 1 N–H and O–H groups in total. The number of thiazole rings is 1. The average Bonchev–Trinajstić information content (AvgIpc) is 2.92. The van der Waals surface area contributed by atoms with Crippen molar-refractivity contribution in [2.75, 3.05) is 26.2 Å². The maximum Gasteiger partial charge on any atom is 0.137 e. The minimum absolute atomic E-state index is 0.551. The number of rotatable bonds is 7. The summed E-state index contributed by atoms with van der Waals surface area (Å²) in [6.07, 6.45) is 4.49. The van der Waals surface area contributed by atoms with Crippen molar-refractivity contribution in [2.24, 2.45) is 0 Å². The fraction of sp³-hybridized carbons (Fsp3) is 0.571. The van der Waals surface area contributed by atoms with Crippen LogP contribution in [-0.2, 0) is 12.0 Å². The van der Waals surface area contributed by atoms with Gasteiger partial charge in [0.2, 0.25) is 0 Å². The van der Waals surface area contributed by atoms with Gasteiger partial charge < -0.3 is 14.7 Å². The number of hydrogen-bond donors (Lipinski definition) is 1. The summed E-state index contributed by atoms with van der Waals surface area (Å²) in [6.45, 7) is 7.89. The van der Waals surface area contributed by atoms with Gasteiger partial charge in [-0.15, -0.1) is 11.3 Å². The molecular formula is C21H29ClN2O2S. The minimum Gasteiger partial charge on any atom is -0.492 e. The second-order valence-corrected chi connectivity index (χ2v) is 8.77. The summed E-state index contributed by atoms with van der Waals surface area (Å²) in [5.41, 5.74) is 0.209. The van der Waals surface area contributed by atoms with Crippen molar-refractivity contribution in [1.82, 2.24) is 9.88 Å². The summed E-state index contributed by atoms with van der Waals surface area (Å²) >= 11 is 7.77. The standard InChI is InChI=1S/C21H29ClN2O2S/c1-3-12-24-13-6-10-21(25,11-14-24)20-23-16(2)19(27-20)9-15-26-18-8-5-4-7-17(18)22/h4-5,7-8,25H,3,6,9-15H2,1-2H3/t21-/m1/s1. The number of aryl methyl sites for hydroxylation is 1. The zero-order valence-corrected chi connectivity index (χ0v) is 17.8. The van der Waals surface area contributed by atoms with Crippen molar-refractivity contribution in [3.63, 3.8) is 0 Å². The Morgan fingerprint density at radius 2 is 2.11 bits per heavy atom. The predicted molar refractivity (Wildman–Crippen MR) is 112 cm³/mol. The fourth-order valence-corrected chi connectivity index (χ4v) is 4.98. The van der Waals surface area contributed by atoms with E-state index >= 15 is 0 Å². The second-order valence-electron chi connectivity index (χ2n) is 7.28. The molecule has 1 fully saturated rings. The van der Waals surface area contributed by atoms with E-state index in [-0.39, 0.29) is 0 Å². The number of hydrogen-bond acceptors (Lipinski definition) is 5. The third-order valence-corrected chi connectivity index (χ3v) is 6.88. The van der Waals surface area contributed by atoms with Gasteiger partial charge in [-0.2, -0.15) is 0 Å². The molecule has 1 aromatic heterocycles. The van der Waals surface area contributed by atoms with Crippen molar-refractivity contribution in [3.05, 3.63) is 44.9 Å². The zero-order chi connectivity index (χ0) is 19.3. The van der Waals surface area contributed by atoms with Gasteiger partial charge in [-0.1, -0.05) is 30.7 Å². The van der Waals surface area contributed by atoms with Crippen molar-refractivity contribution in [1.29, 1.82) is 0 Å². The normalized spacial score (nSPS) is 21.2. The molecule has 2 heterocycles. The van der Waals surface area contributed by atoms with Crippen LogP contribution in [0.15, 0.2) is 24.3 Å². The van der Waals surface area contributed by atoms with Gasteiger partial charge in [-0.3, -0.25) is 0 Å². The summed E-state index contributed by atoms with van der Waals surface area (Å²) in [4.78, 5) is 8.37. The largest absolute Gasteiger partial charge is 0.492 e. The van der Waals surface area contributed by atoms with Crippen molar-refractivity contribution in [3.8, 4) is 5.75 Å². The van der Waals surface area contributed by atoms with Crippen molar-refractivity contribution >= 4 is 22.9 Å². The molecule has 0 unspecified atom stereocenters. The number of benzene rings is 1. The van der Waals surface area contributed by atoms with Crippen LogP contribution in [0, 0.1) is 6.92 Å². The molecule has 0 bridgehead atoms. The molecule has 0 radical (unpaired) electrons. The van der Waals surface area contributed by atoms with Crippen LogP contribution in [0.2, 0.25) is 5.02 Å². The highest BCUT2D eigenvalue weighted by Crippen LogP contribution is 2.36. The first kappa shape index (κ1) is 20.6. The Labute approximate surface area is 171 Å². The van der Waals surface area contributed by atoms with Gasteiger partial charge in [0.1, 0.15) is 16.4 Å². The van der Waals surface area contributed by atoms with E-state index in [2.05, 4.69) is 11.8 Å². The first-order valence-corrected chi connectivity index (χ1v) is 11.0. The molecular weight excluding hydrogens is 380 g/mol. The molecule has 1 aromatic carbocycles. The Bertz CT molecular complexity index is 752. The third kappa shape index (κ3) is 5.23. The molecule has 0 aliphatic carbocycles. The van der Waals surface area contributed by atoms with Gasteiger partial charge in [0, 0.05) is 17.8 Å². The van der Waals surface area contributed by atoms with Crippen LogP contribution in [0.3, 0.4) is 0 Å². The van der Waals surface area contributed by atoms with Gasteiger partial charge in [0.25, 0.3) is 0 Å². The lowest BCUT2D eigenvalue weighted by molar-refractivity contribution is 0.0209. The Balaban J connectivity index is 1.62. The van der Waals surface area contributed by atoms with Gasteiger partial charge in [-0.25, -0.2) is 4.98 Å². The maximum atomic E-state index is 11.3. The smallest absolute Gasteiger partial charge is 0.137 e. The van der Waals surface area contributed by atoms with E-state index in [1.165, 1.54) is 4.88 Å². The Kier molecular flexibility index (Phi) is 7.15. The molecule has 27 heavy (non-hydrogen) atoms. The topological polar surface area (TPSA) is 45.6 Å². The quantitative estimate of drug-likeness (QED) is 0.714. The molecule has 2 aromatic rings. The van der Waals surface area contributed by atoms with Crippen LogP contribution >= 0.6 is 22.9 Å². The van der Waals surface area contributed by atoms with Crippen LogP contribution in [-0.4, -0.2) is 41.2 Å². The summed E-state index contributed by atoms with van der Waals surface area (Å²) in [7, 11) is 0. The first-order valence-electron chi connectivity index (χ1n) is 9.80. The maximum absolute atomic E-state index is 11.3. The van der Waals surface area contributed by atoms with E-state index in [1.807, 2.05) is 31.2 Å².